The van der Waals surface area contributed by atoms with E-state index in [-0.39, 0.29) is 10.0 Å². The highest BCUT2D eigenvalue weighted by atomic mass is 79.9. The van der Waals surface area contributed by atoms with E-state index < -0.39 is 17.4 Å². The van der Waals surface area contributed by atoms with Gasteiger partial charge < -0.3 is 0 Å². The fourth-order valence-corrected chi connectivity index (χ4v) is 1.59. The van der Waals surface area contributed by atoms with Gasteiger partial charge in [0.25, 0.3) is 0 Å². The second kappa shape index (κ2) is 4.47. The highest BCUT2D eigenvalue weighted by molar-refractivity contribution is 9.10. The predicted molar refractivity (Wildman–Crippen MR) is 51.6 cm³/mol. The van der Waals surface area contributed by atoms with Gasteiger partial charge in [-0.3, -0.25) is 0 Å². The van der Waals surface area contributed by atoms with E-state index >= 15 is 0 Å². The quantitative estimate of drug-likeness (QED) is 0.588. The van der Waals surface area contributed by atoms with E-state index in [1.54, 1.807) is 6.07 Å². The van der Waals surface area contributed by atoms with Crippen molar-refractivity contribution in [1.82, 2.24) is 0 Å². The van der Waals surface area contributed by atoms with Crippen molar-refractivity contribution in [2.24, 2.45) is 4.99 Å². The summed E-state index contributed by atoms with van der Waals surface area (Å²) < 4.78 is 37.6. The molecule has 0 radical (unpaired) electrons. The van der Waals surface area contributed by atoms with Crippen LogP contribution in [0.3, 0.4) is 0 Å². The maximum Gasteiger partial charge on any atom is 0.418 e. The van der Waals surface area contributed by atoms with Gasteiger partial charge in [-0.15, -0.1) is 0 Å². The number of isocyanates is 1. The standard InChI is InChI=1S/C9H2BrF3N2O/c10-7-2-5(3-14)1-6(9(11,12)13)8(7)15-4-16/h1-2H. The van der Waals surface area contributed by atoms with Gasteiger partial charge in [-0.05, 0) is 28.1 Å². The number of alkyl halides is 3. The third-order valence-electron chi connectivity index (χ3n) is 1.66. The topological polar surface area (TPSA) is 53.2 Å². The molecular formula is C9H2BrF3N2O. The average molecular weight is 291 g/mol. The molecule has 1 rings (SSSR count). The van der Waals surface area contributed by atoms with E-state index in [4.69, 9.17) is 5.26 Å². The Labute approximate surface area is 96.3 Å². The van der Waals surface area contributed by atoms with E-state index in [0.717, 1.165) is 12.1 Å². The van der Waals surface area contributed by atoms with Crippen molar-refractivity contribution in [2.45, 2.75) is 6.18 Å². The first-order valence-electron chi connectivity index (χ1n) is 3.79. The Kier molecular flexibility index (Phi) is 3.48. The van der Waals surface area contributed by atoms with Gasteiger partial charge in [0.15, 0.2) is 0 Å². The number of halogens is 4. The molecule has 82 valence electrons. The van der Waals surface area contributed by atoms with Gasteiger partial charge >= 0.3 is 6.18 Å². The minimum atomic E-state index is -4.69. The highest BCUT2D eigenvalue weighted by Gasteiger charge is 2.35. The summed E-state index contributed by atoms with van der Waals surface area (Å²) in [5, 5.41) is 8.53. The van der Waals surface area contributed by atoms with Crippen molar-refractivity contribution in [3.8, 4) is 6.07 Å². The zero-order valence-electron chi connectivity index (χ0n) is 7.47. The Bertz CT molecular complexity index is 513. The molecule has 0 fully saturated rings. The van der Waals surface area contributed by atoms with E-state index in [2.05, 4.69) is 20.9 Å². The minimum absolute atomic E-state index is 0.0813. The van der Waals surface area contributed by atoms with Crippen LogP contribution in [-0.2, 0) is 11.0 Å². The molecule has 16 heavy (non-hydrogen) atoms. The maximum atomic E-state index is 12.5. The number of benzene rings is 1. The molecule has 0 heterocycles. The lowest BCUT2D eigenvalue weighted by atomic mass is 10.1. The van der Waals surface area contributed by atoms with Crippen molar-refractivity contribution >= 4 is 27.7 Å². The van der Waals surface area contributed by atoms with Gasteiger partial charge in [-0.25, -0.2) is 4.79 Å². The molecule has 0 aliphatic heterocycles. The summed E-state index contributed by atoms with van der Waals surface area (Å²) >= 11 is 2.81. The molecule has 0 amide bonds. The highest BCUT2D eigenvalue weighted by Crippen LogP contribution is 2.40. The van der Waals surface area contributed by atoms with Gasteiger partial charge in [-0.1, -0.05) is 0 Å². The van der Waals surface area contributed by atoms with E-state index in [1.165, 1.54) is 0 Å². The average Bonchev–Trinajstić information content (AvgIpc) is 2.19. The lowest BCUT2D eigenvalue weighted by Gasteiger charge is -2.10. The number of nitrogens with zero attached hydrogens (tertiary/aromatic N) is 2. The van der Waals surface area contributed by atoms with Crippen LogP contribution in [-0.4, -0.2) is 6.08 Å². The first-order valence-corrected chi connectivity index (χ1v) is 4.58. The van der Waals surface area contributed by atoms with Gasteiger partial charge in [0.05, 0.1) is 17.2 Å². The number of aliphatic imine (C=N–C) groups is 1. The third kappa shape index (κ3) is 2.48. The first kappa shape index (κ1) is 12.4. The zero-order valence-corrected chi connectivity index (χ0v) is 9.06. The molecule has 0 N–H and O–H groups in total. The Morgan fingerprint density at radius 1 is 1.38 bits per heavy atom. The van der Waals surface area contributed by atoms with Crippen molar-refractivity contribution in [3.05, 3.63) is 27.7 Å². The predicted octanol–water partition coefficient (Wildman–Crippen LogP) is 3.31. The van der Waals surface area contributed by atoms with Crippen LogP contribution in [0.4, 0.5) is 18.9 Å². The van der Waals surface area contributed by atoms with Crippen molar-refractivity contribution in [3.63, 3.8) is 0 Å². The van der Waals surface area contributed by atoms with Crippen LogP contribution < -0.4 is 0 Å². The molecule has 0 aliphatic carbocycles. The fraction of sp³-hybridized carbons (Fsp3) is 0.111. The van der Waals surface area contributed by atoms with Crippen LogP contribution in [0, 0.1) is 11.3 Å². The van der Waals surface area contributed by atoms with Crippen LogP contribution in [0.2, 0.25) is 0 Å². The Hall–Kier alpha value is -1.64. The number of hydrogen-bond acceptors (Lipinski definition) is 3. The van der Waals surface area contributed by atoms with Crippen LogP contribution in [0.5, 0.6) is 0 Å². The molecular weight excluding hydrogens is 289 g/mol. The molecule has 7 heteroatoms. The summed E-state index contributed by atoms with van der Waals surface area (Å²) in [5.74, 6) is 0. The molecule has 0 bridgehead atoms. The fourth-order valence-electron chi connectivity index (χ4n) is 1.04. The molecule has 0 aliphatic rings. The van der Waals surface area contributed by atoms with Gasteiger partial charge in [0.2, 0.25) is 6.08 Å². The molecule has 0 aromatic heterocycles. The SMILES string of the molecule is N#Cc1cc(Br)c(N=C=O)c(C(F)(F)F)c1. The number of hydrogen-bond donors (Lipinski definition) is 0. The minimum Gasteiger partial charge on any atom is -0.211 e. The number of nitriles is 1. The third-order valence-corrected chi connectivity index (χ3v) is 2.26. The monoisotopic (exact) mass is 290 g/mol. The van der Waals surface area contributed by atoms with Gasteiger partial charge in [0, 0.05) is 4.47 Å². The van der Waals surface area contributed by atoms with Crippen molar-refractivity contribution in [2.75, 3.05) is 0 Å². The molecule has 0 atom stereocenters. The lowest BCUT2D eigenvalue weighted by molar-refractivity contribution is -0.137. The second-order valence-electron chi connectivity index (χ2n) is 2.67. The van der Waals surface area contributed by atoms with Crippen LogP contribution in [0.25, 0.3) is 0 Å². The van der Waals surface area contributed by atoms with Crippen molar-refractivity contribution < 1.29 is 18.0 Å². The van der Waals surface area contributed by atoms with E-state index in [9.17, 15) is 18.0 Å². The largest absolute Gasteiger partial charge is 0.418 e. The van der Waals surface area contributed by atoms with Crippen LogP contribution in [0.15, 0.2) is 21.6 Å². The summed E-state index contributed by atoms with van der Waals surface area (Å²) in [6, 6.07) is 3.35. The second-order valence-corrected chi connectivity index (χ2v) is 3.52. The first-order chi connectivity index (χ1) is 7.40. The summed E-state index contributed by atoms with van der Waals surface area (Å²) in [5.41, 5.74) is -1.91. The number of rotatable bonds is 1. The summed E-state index contributed by atoms with van der Waals surface area (Å²) in [6.45, 7) is 0. The Morgan fingerprint density at radius 2 is 2.00 bits per heavy atom. The van der Waals surface area contributed by atoms with E-state index in [1.807, 2.05) is 0 Å². The zero-order chi connectivity index (χ0) is 12.3. The Morgan fingerprint density at radius 3 is 2.44 bits per heavy atom. The van der Waals surface area contributed by atoms with Gasteiger partial charge in [0.1, 0.15) is 5.69 Å². The molecule has 0 spiro atoms. The van der Waals surface area contributed by atoms with E-state index in [0.29, 0.717) is 6.07 Å². The molecule has 0 unspecified atom stereocenters. The Balaban J connectivity index is 3.61. The molecule has 1 aromatic rings. The van der Waals surface area contributed by atoms with Crippen LogP contribution in [0.1, 0.15) is 11.1 Å². The van der Waals surface area contributed by atoms with Crippen LogP contribution >= 0.6 is 15.9 Å². The maximum absolute atomic E-state index is 12.5. The normalized spacial score (nSPS) is 10.4. The molecule has 1 aromatic carbocycles. The smallest absolute Gasteiger partial charge is 0.211 e. The molecule has 0 saturated heterocycles. The summed E-state index contributed by atoms with van der Waals surface area (Å²) in [6.07, 6.45) is -3.65. The lowest BCUT2D eigenvalue weighted by Crippen LogP contribution is -2.06. The van der Waals surface area contributed by atoms with Gasteiger partial charge in [-0.2, -0.15) is 23.4 Å². The summed E-state index contributed by atoms with van der Waals surface area (Å²) in [4.78, 5) is 13.0. The molecule has 0 saturated carbocycles. The number of carbonyl (C=O) groups excluding carboxylic acids is 1. The van der Waals surface area contributed by atoms with Crippen molar-refractivity contribution in [1.29, 1.82) is 5.26 Å². The molecule has 3 nitrogen and oxygen atoms in total. The summed E-state index contributed by atoms with van der Waals surface area (Å²) in [7, 11) is 0.